The Morgan fingerprint density at radius 2 is 2.18 bits per heavy atom. The summed E-state index contributed by atoms with van der Waals surface area (Å²) in [5.74, 6) is 0.794. The van der Waals surface area contributed by atoms with E-state index < -0.39 is 0 Å². The summed E-state index contributed by atoms with van der Waals surface area (Å²) < 4.78 is 11.1. The second-order valence-electron chi connectivity index (χ2n) is 3.71. The van der Waals surface area contributed by atoms with E-state index in [1.165, 1.54) is 6.33 Å². The first kappa shape index (κ1) is 13.0. The molecule has 0 fully saturated rings. The normalized spacial score (nSPS) is 10.1. The molecule has 0 atom stereocenters. The number of hydrogen-bond acceptors (Lipinski definition) is 5. The molecule has 0 aliphatic heterocycles. The van der Waals surface area contributed by atoms with E-state index in [4.69, 9.17) is 5.73 Å². The van der Waals surface area contributed by atoms with Gasteiger partial charge in [0.15, 0.2) is 11.5 Å². The third-order valence-electron chi connectivity index (χ3n) is 1.74. The molecule has 0 aromatic carbocycles. The summed E-state index contributed by atoms with van der Waals surface area (Å²) in [4.78, 5) is 18.2. The molecule has 6 nitrogen and oxygen atoms in total. The van der Waals surface area contributed by atoms with Crippen LogP contribution >= 0.6 is 0 Å². The molecule has 0 aliphatic rings. The highest BCUT2D eigenvalue weighted by Gasteiger charge is 2.05. The number of aromatic amines is 1. The molecule has 0 bridgehead atoms. The number of anilines is 1. The molecule has 92 valence electrons. The molecule has 2 aromatic rings. The van der Waals surface area contributed by atoms with Crippen molar-refractivity contribution >= 4 is 29.6 Å². The Bertz CT molecular complexity index is 493. The van der Waals surface area contributed by atoms with Gasteiger partial charge in [-0.25, -0.2) is 9.98 Å². The van der Waals surface area contributed by atoms with Crippen molar-refractivity contribution in [2.24, 2.45) is 10.9 Å². The van der Waals surface area contributed by atoms with E-state index >= 15 is 0 Å². The molecule has 2 aromatic heterocycles. The summed E-state index contributed by atoms with van der Waals surface area (Å²) in [6, 6.07) is 0. The number of aromatic nitrogens is 4. The largest absolute Gasteiger partial charge is 0.368 e. The Balaban J connectivity index is 0.000000249. The van der Waals surface area contributed by atoms with Crippen LogP contribution in [0.1, 0.15) is 13.8 Å². The van der Waals surface area contributed by atoms with Gasteiger partial charge in [-0.3, -0.25) is 4.39 Å². The highest BCUT2D eigenvalue weighted by Crippen LogP contribution is 2.18. The van der Waals surface area contributed by atoms with Crippen LogP contribution in [0, 0.1) is 5.92 Å². The van der Waals surface area contributed by atoms with Crippen LogP contribution in [0.3, 0.4) is 0 Å². The van der Waals surface area contributed by atoms with Gasteiger partial charge in [0.05, 0.1) is 13.0 Å². The first-order valence-electron chi connectivity index (χ1n) is 5.07. The standard InChI is InChI=1S/C6H6N6.C4H9F/c1-8-4-3-5(10-2-9-3)12-6(7)11-4;1-4(2)3-5/h2H,1H2,(H3,7,9,10,11,12);4H,3H2,1-2H3. The maximum atomic E-state index is 11.1. The maximum absolute atomic E-state index is 11.1. The topological polar surface area (TPSA) is 92.8 Å². The predicted octanol–water partition coefficient (Wildman–Crippen LogP) is 1.88. The van der Waals surface area contributed by atoms with Crippen molar-refractivity contribution in [2.75, 3.05) is 12.4 Å². The molecule has 2 heterocycles. The molecule has 3 N–H and O–H groups in total. The Morgan fingerprint density at radius 3 is 2.71 bits per heavy atom. The monoisotopic (exact) mass is 238 g/mol. The molecule has 0 spiro atoms. The quantitative estimate of drug-likeness (QED) is 0.781. The zero-order valence-corrected chi connectivity index (χ0v) is 9.81. The van der Waals surface area contributed by atoms with Crippen molar-refractivity contribution in [3.8, 4) is 0 Å². The van der Waals surface area contributed by atoms with Gasteiger partial charge in [0.25, 0.3) is 0 Å². The van der Waals surface area contributed by atoms with Gasteiger partial charge in [-0.05, 0) is 12.6 Å². The van der Waals surface area contributed by atoms with Gasteiger partial charge in [0, 0.05) is 0 Å². The van der Waals surface area contributed by atoms with E-state index in [0.717, 1.165) is 0 Å². The van der Waals surface area contributed by atoms with Crippen molar-refractivity contribution in [3.05, 3.63) is 6.33 Å². The van der Waals surface area contributed by atoms with E-state index in [1.807, 2.05) is 13.8 Å². The molecule has 2 rings (SSSR count). The van der Waals surface area contributed by atoms with Gasteiger partial charge in [0.2, 0.25) is 5.95 Å². The Morgan fingerprint density at radius 1 is 1.53 bits per heavy atom. The van der Waals surface area contributed by atoms with Crippen molar-refractivity contribution < 1.29 is 4.39 Å². The van der Waals surface area contributed by atoms with Crippen LogP contribution in [0.15, 0.2) is 11.3 Å². The summed E-state index contributed by atoms with van der Waals surface area (Å²) >= 11 is 0. The molecule has 17 heavy (non-hydrogen) atoms. The lowest BCUT2D eigenvalue weighted by molar-refractivity contribution is 0.404. The number of nitrogens with two attached hydrogens (primary N) is 1. The average Bonchev–Trinajstić information content (AvgIpc) is 2.76. The number of hydrogen-bond donors (Lipinski definition) is 2. The summed E-state index contributed by atoms with van der Waals surface area (Å²) in [7, 11) is 0. The third kappa shape index (κ3) is 3.47. The second kappa shape index (κ2) is 5.88. The number of H-pyrrole nitrogens is 1. The van der Waals surface area contributed by atoms with E-state index in [9.17, 15) is 4.39 Å². The molecule has 0 unspecified atom stereocenters. The number of aliphatic imine (C=N–C) groups is 1. The highest BCUT2D eigenvalue weighted by atomic mass is 19.1. The van der Waals surface area contributed by atoms with Crippen LogP contribution in [0.4, 0.5) is 16.2 Å². The number of nitrogens with zero attached hydrogens (tertiary/aromatic N) is 4. The summed E-state index contributed by atoms with van der Waals surface area (Å²) in [5, 5.41) is 0. The van der Waals surface area contributed by atoms with Crippen LogP contribution in [0.5, 0.6) is 0 Å². The van der Waals surface area contributed by atoms with Gasteiger partial charge in [-0.1, -0.05) is 13.8 Å². The second-order valence-corrected chi connectivity index (χ2v) is 3.71. The van der Waals surface area contributed by atoms with E-state index in [2.05, 4.69) is 31.6 Å². The predicted molar refractivity (Wildman–Crippen MR) is 66.1 cm³/mol. The Kier molecular flexibility index (Phi) is 4.50. The van der Waals surface area contributed by atoms with Gasteiger partial charge < -0.3 is 10.7 Å². The molecule has 0 aliphatic carbocycles. The van der Waals surface area contributed by atoms with E-state index in [0.29, 0.717) is 17.0 Å². The molecule has 0 amide bonds. The van der Waals surface area contributed by atoms with Crippen molar-refractivity contribution in [2.45, 2.75) is 13.8 Å². The number of imidazole rings is 1. The molecule has 0 radical (unpaired) electrons. The maximum Gasteiger partial charge on any atom is 0.224 e. The van der Waals surface area contributed by atoms with Crippen LogP contribution < -0.4 is 5.73 Å². The minimum atomic E-state index is -0.194. The van der Waals surface area contributed by atoms with Crippen LogP contribution in [0.25, 0.3) is 11.2 Å². The lowest BCUT2D eigenvalue weighted by Crippen LogP contribution is -1.94. The SMILES string of the molecule is C=Nc1nc(N)nc2nc[nH]c12.CC(C)CF. The lowest BCUT2D eigenvalue weighted by atomic mass is 10.3. The van der Waals surface area contributed by atoms with Crippen molar-refractivity contribution in [3.63, 3.8) is 0 Å². The number of halogens is 1. The summed E-state index contributed by atoms with van der Waals surface area (Å²) in [6.45, 7) is 6.86. The van der Waals surface area contributed by atoms with Gasteiger partial charge in [0.1, 0.15) is 5.52 Å². The smallest absolute Gasteiger partial charge is 0.224 e. The van der Waals surface area contributed by atoms with Gasteiger partial charge in [-0.15, -0.1) is 0 Å². The zero-order chi connectivity index (χ0) is 12.8. The molecular formula is C10H15FN6. The lowest BCUT2D eigenvalue weighted by Gasteiger charge is -1.94. The molecule has 0 saturated heterocycles. The van der Waals surface area contributed by atoms with Gasteiger partial charge in [-0.2, -0.15) is 9.97 Å². The zero-order valence-electron chi connectivity index (χ0n) is 9.81. The minimum Gasteiger partial charge on any atom is -0.368 e. The summed E-state index contributed by atoms with van der Waals surface area (Å²) in [6.07, 6.45) is 1.51. The van der Waals surface area contributed by atoms with Crippen molar-refractivity contribution in [1.29, 1.82) is 0 Å². The summed E-state index contributed by atoms with van der Waals surface area (Å²) in [5.41, 5.74) is 6.55. The fraction of sp³-hybridized carbons (Fsp3) is 0.400. The third-order valence-corrected chi connectivity index (χ3v) is 1.74. The number of alkyl halides is 1. The molecule has 7 heteroatoms. The number of fused-ring (bicyclic) bond motifs is 1. The number of rotatable bonds is 2. The number of nitrogen functional groups attached to an aromatic ring is 1. The number of nitrogens with one attached hydrogen (secondary N) is 1. The fourth-order valence-corrected chi connectivity index (χ4v) is 0.949. The van der Waals surface area contributed by atoms with E-state index in [-0.39, 0.29) is 18.5 Å². The van der Waals surface area contributed by atoms with Crippen LogP contribution in [-0.4, -0.2) is 33.3 Å². The van der Waals surface area contributed by atoms with Gasteiger partial charge >= 0.3 is 0 Å². The first-order valence-corrected chi connectivity index (χ1v) is 5.07. The molecular weight excluding hydrogens is 223 g/mol. The van der Waals surface area contributed by atoms with Crippen molar-refractivity contribution in [1.82, 2.24) is 19.9 Å². The highest BCUT2D eigenvalue weighted by molar-refractivity contribution is 5.82. The molecule has 0 saturated carbocycles. The minimum absolute atomic E-state index is 0.150. The van der Waals surface area contributed by atoms with Crippen LogP contribution in [0.2, 0.25) is 0 Å². The van der Waals surface area contributed by atoms with Crippen LogP contribution in [-0.2, 0) is 0 Å². The Labute approximate surface area is 98.2 Å². The van der Waals surface area contributed by atoms with E-state index in [1.54, 1.807) is 0 Å². The fourth-order valence-electron chi connectivity index (χ4n) is 0.949. The first-order chi connectivity index (χ1) is 8.08. The average molecular weight is 238 g/mol. The Hall–Kier alpha value is -2.05.